The summed E-state index contributed by atoms with van der Waals surface area (Å²) in [5.41, 5.74) is 2.12. The first kappa shape index (κ1) is 11.5. The Labute approximate surface area is 90.6 Å². The fourth-order valence-corrected chi connectivity index (χ4v) is 1.40. The first-order valence-electron chi connectivity index (χ1n) is 4.99. The molecule has 1 rings (SSSR count). The van der Waals surface area contributed by atoms with Crippen LogP contribution in [-0.2, 0) is 9.53 Å². The normalized spacial score (nSPS) is 12.7. The van der Waals surface area contributed by atoms with Crippen molar-refractivity contribution in [2.24, 2.45) is 0 Å². The average molecular weight is 204 g/mol. The van der Waals surface area contributed by atoms with Crippen LogP contribution in [0.5, 0.6) is 0 Å². The molecule has 0 bridgehead atoms. The highest BCUT2D eigenvalue weighted by molar-refractivity contribution is 5.77. The van der Waals surface area contributed by atoms with Crippen molar-refractivity contribution < 1.29 is 9.53 Å². The molecule has 1 atom stereocenters. The predicted octanol–water partition coefficient (Wildman–Crippen LogP) is 3.00. The second-order valence-electron chi connectivity index (χ2n) is 3.41. The van der Waals surface area contributed by atoms with Gasteiger partial charge >= 0.3 is 5.97 Å². The van der Waals surface area contributed by atoms with E-state index in [0.717, 1.165) is 11.1 Å². The Hall–Kier alpha value is -1.57. The Balaban J connectivity index is 2.84. The molecule has 0 unspecified atom stereocenters. The minimum absolute atomic E-state index is 0.199. The van der Waals surface area contributed by atoms with Gasteiger partial charge in [0.05, 0.1) is 13.0 Å². The Kier molecular flexibility index (Phi) is 4.10. The van der Waals surface area contributed by atoms with Gasteiger partial charge in [-0.05, 0) is 25.0 Å². The third-order valence-corrected chi connectivity index (χ3v) is 2.35. The van der Waals surface area contributed by atoms with Gasteiger partial charge in [-0.1, -0.05) is 36.4 Å². The molecule has 0 saturated heterocycles. The van der Waals surface area contributed by atoms with E-state index in [9.17, 15) is 4.79 Å². The van der Waals surface area contributed by atoms with Crippen molar-refractivity contribution in [1.29, 1.82) is 0 Å². The van der Waals surface area contributed by atoms with E-state index in [-0.39, 0.29) is 11.9 Å². The SMILES string of the molecule is C/C=C/c1ccc([C@H](C)C(=O)OC)cc1. The number of ether oxygens (including phenoxy) is 1. The number of benzene rings is 1. The molecule has 0 aliphatic rings. The topological polar surface area (TPSA) is 26.3 Å². The molecule has 0 aliphatic carbocycles. The summed E-state index contributed by atoms with van der Waals surface area (Å²) in [5, 5.41) is 0. The zero-order chi connectivity index (χ0) is 11.3. The maximum Gasteiger partial charge on any atom is 0.312 e. The second kappa shape index (κ2) is 5.35. The van der Waals surface area contributed by atoms with E-state index in [4.69, 9.17) is 4.74 Å². The van der Waals surface area contributed by atoms with Crippen LogP contribution < -0.4 is 0 Å². The van der Waals surface area contributed by atoms with Crippen LogP contribution >= 0.6 is 0 Å². The van der Waals surface area contributed by atoms with Crippen LogP contribution in [0.25, 0.3) is 6.08 Å². The number of carbonyl (C=O) groups is 1. The standard InChI is InChI=1S/C13H16O2/c1-4-5-11-6-8-12(9-7-11)10(2)13(14)15-3/h4-10H,1-3H3/b5-4+/t10-/m0/s1. The number of esters is 1. The number of hydrogen-bond acceptors (Lipinski definition) is 2. The summed E-state index contributed by atoms with van der Waals surface area (Å²) in [5.74, 6) is -0.400. The Bertz CT molecular complexity index is 349. The zero-order valence-electron chi connectivity index (χ0n) is 9.36. The monoisotopic (exact) mass is 204 g/mol. The molecule has 0 fully saturated rings. The van der Waals surface area contributed by atoms with Crippen LogP contribution in [0.2, 0.25) is 0 Å². The van der Waals surface area contributed by atoms with Crippen LogP contribution in [0.15, 0.2) is 30.3 Å². The van der Waals surface area contributed by atoms with Gasteiger partial charge in [0.15, 0.2) is 0 Å². The molecule has 0 aromatic heterocycles. The summed E-state index contributed by atoms with van der Waals surface area (Å²) in [6.07, 6.45) is 4.01. The smallest absolute Gasteiger partial charge is 0.312 e. The fraction of sp³-hybridized carbons (Fsp3) is 0.308. The number of rotatable bonds is 3. The molecule has 0 radical (unpaired) electrons. The number of carbonyl (C=O) groups excluding carboxylic acids is 1. The summed E-state index contributed by atoms with van der Waals surface area (Å²) in [6.45, 7) is 3.82. The van der Waals surface area contributed by atoms with E-state index in [1.165, 1.54) is 7.11 Å². The number of allylic oxidation sites excluding steroid dienone is 1. The fourth-order valence-electron chi connectivity index (χ4n) is 1.40. The minimum atomic E-state index is -0.200. The Morgan fingerprint density at radius 3 is 2.40 bits per heavy atom. The van der Waals surface area contributed by atoms with Gasteiger partial charge in [-0.3, -0.25) is 4.79 Å². The summed E-state index contributed by atoms with van der Waals surface area (Å²) >= 11 is 0. The van der Waals surface area contributed by atoms with Crippen molar-refractivity contribution in [3.8, 4) is 0 Å². The second-order valence-corrected chi connectivity index (χ2v) is 3.41. The van der Waals surface area contributed by atoms with E-state index >= 15 is 0 Å². The molecular formula is C13H16O2. The summed E-state index contributed by atoms with van der Waals surface area (Å²) in [6, 6.07) is 7.90. The van der Waals surface area contributed by atoms with Gasteiger partial charge in [0, 0.05) is 0 Å². The molecule has 1 aromatic rings. The van der Waals surface area contributed by atoms with E-state index in [1.807, 2.05) is 50.3 Å². The van der Waals surface area contributed by atoms with Crippen molar-refractivity contribution in [2.45, 2.75) is 19.8 Å². The van der Waals surface area contributed by atoms with Crippen molar-refractivity contribution in [3.05, 3.63) is 41.5 Å². The molecule has 2 heteroatoms. The largest absolute Gasteiger partial charge is 0.469 e. The number of methoxy groups -OCH3 is 1. The minimum Gasteiger partial charge on any atom is -0.469 e. The number of hydrogen-bond donors (Lipinski definition) is 0. The highest BCUT2D eigenvalue weighted by Crippen LogP contribution is 2.17. The van der Waals surface area contributed by atoms with Crippen molar-refractivity contribution in [1.82, 2.24) is 0 Å². The van der Waals surface area contributed by atoms with Gasteiger partial charge in [-0.25, -0.2) is 0 Å². The summed E-state index contributed by atoms with van der Waals surface area (Å²) in [7, 11) is 1.41. The van der Waals surface area contributed by atoms with Crippen LogP contribution in [0.3, 0.4) is 0 Å². The first-order valence-corrected chi connectivity index (χ1v) is 4.99. The highest BCUT2D eigenvalue weighted by atomic mass is 16.5. The Morgan fingerprint density at radius 2 is 1.93 bits per heavy atom. The maximum atomic E-state index is 11.3. The molecule has 15 heavy (non-hydrogen) atoms. The average Bonchev–Trinajstić information content (AvgIpc) is 2.28. The molecule has 1 aromatic carbocycles. The molecule has 2 nitrogen and oxygen atoms in total. The lowest BCUT2D eigenvalue weighted by Crippen LogP contribution is -2.10. The third-order valence-electron chi connectivity index (χ3n) is 2.35. The molecular weight excluding hydrogens is 188 g/mol. The lowest BCUT2D eigenvalue weighted by Gasteiger charge is -2.09. The first-order chi connectivity index (χ1) is 7.19. The van der Waals surface area contributed by atoms with Crippen LogP contribution in [0.4, 0.5) is 0 Å². The molecule has 0 amide bonds. The van der Waals surface area contributed by atoms with Crippen LogP contribution in [-0.4, -0.2) is 13.1 Å². The van der Waals surface area contributed by atoms with Crippen molar-refractivity contribution in [2.75, 3.05) is 7.11 Å². The van der Waals surface area contributed by atoms with Gasteiger partial charge in [-0.2, -0.15) is 0 Å². The van der Waals surface area contributed by atoms with Crippen LogP contribution in [0, 0.1) is 0 Å². The molecule has 0 saturated carbocycles. The van der Waals surface area contributed by atoms with E-state index in [2.05, 4.69) is 0 Å². The predicted molar refractivity (Wildman–Crippen MR) is 61.6 cm³/mol. The van der Waals surface area contributed by atoms with Gasteiger partial charge in [0.1, 0.15) is 0 Å². The van der Waals surface area contributed by atoms with E-state index in [1.54, 1.807) is 0 Å². The van der Waals surface area contributed by atoms with Gasteiger partial charge in [0.2, 0.25) is 0 Å². The van der Waals surface area contributed by atoms with E-state index in [0.29, 0.717) is 0 Å². The molecule has 0 N–H and O–H groups in total. The molecule has 80 valence electrons. The zero-order valence-corrected chi connectivity index (χ0v) is 9.36. The van der Waals surface area contributed by atoms with Crippen molar-refractivity contribution in [3.63, 3.8) is 0 Å². The van der Waals surface area contributed by atoms with E-state index < -0.39 is 0 Å². The van der Waals surface area contributed by atoms with Gasteiger partial charge in [0.25, 0.3) is 0 Å². The summed E-state index contributed by atoms with van der Waals surface area (Å²) < 4.78 is 4.69. The molecule has 0 aliphatic heterocycles. The summed E-state index contributed by atoms with van der Waals surface area (Å²) in [4.78, 5) is 11.3. The Morgan fingerprint density at radius 1 is 1.33 bits per heavy atom. The molecule has 0 spiro atoms. The quantitative estimate of drug-likeness (QED) is 0.707. The lowest BCUT2D eigenvalue weighted by atomic mass is 10.00. The van der Waals surface area contributed by atoms with Gasteiger partial charge in [-0.15, -0.1) is 0 Å². The van der Waals surface area contributed by atoms with Gasteiger partial charge < -0.3 is 4.74 Å². The molecule has 0 heterocycles. The highest BCUT2D eigenvalue weighted by Gasteiger charge is 2.14. The van der Waals surface area contributed by atoms with Crippen LogP contribution in [0.1, 0.15) is 30.9 Å². The van der Waals surface area contributed by atoms with Crippen molar-refractivity contribution >= 4 is 12.0 Å². The third kappa shape index (κ3) is 2.94. The lowest BCUT2D eigenvalue weighted by molar-refractivity contribution is -0.141. The maximum absolute atomic E-state index is 11.3.